The number of hydrogen-bond acceptors (Lipinski definition) is 7. The number of ether oxygens (including phenoxy) is 4. The Morgan fingerprint density at radius 2 is 1.71 bits per heavy atom. The number of halogens is 1. The Morgan fingerprint density at radius 3 is 2.39 bits per heavy atom. The van der Waals surface area contributed by atoms with E-state index in [-0.39, 0.29) is 17.7 Å². The van der Waals surface area contributed by atoms with E-state index in [1.165, 1.54) is 0 Å². The number of hydrogen-bond donors (Lipinski definition) is 0. The van der Waals surface area contributed by atoms with Crippen LogP contribution in [0.15, 0.2) is 57.1 Å². The molecule has 202 valence electrons. The van der Waals surface area contributed by atoms with Gasteiger partial charge in [0.1, 0.15) is 11.7 Å². The summed E-state index contributed by atoms with van der Waals surface area (Å²) in [5.41, 5.74) is 3.66. The monoisotopic (exact) mass is 583 g/mol. The first-order valence-electron chi connectivity index (χ1n) is 12.9. The van der Waals surface area contributed by atoms with Gasteiger partial charge in [-0.2, -0.15) is 0 Å². The number of benzene rings is 2. The molecule has 0 aromatic heterocycles. The minimum Gasteiger partial charge on any atom is -0.496 e. The number of Topliss-reactive ketones (excluding diaryl/α,β-unsaturated/α-hetero) is 1. The van der Waals surface area contributed by atoms with Gasteiger partial charge in [0, 0.05) is 39.4 Å². The summed E-state index contributed by atoms with van der Waals surface area (Å²) < 4.78 is 23.1. The van der Waals surface area contributed by atoms with Gasteiger partial charge >= 0.3 is 5.97 Å². The first-order valence-corrected chi connectivity index (χ1v) is 13.7. The standard InChI is InChI=1S/C30H34BrNO6/c1-6-7-12-38-30(34)27-17(2)32-22-13-19(18-8-10-25(36-4)26(15-18)37-5)14-23(33)29(22)28(27)21-16-20(31)9-11-24(21)35-3/h8-11,15-16,19,27-28H,6-7,12-14H2,1-5H3/t19-,27?,28+/m0/s1. The third kappa shape index (κ3) is 5.51. The van der Waals surface area contributed by atoms with Crippen LogP contribution in [0.2, 0.25) is 0 Å². The summed E-state index contributed by atoms with van der Waals surface area (Å²) in [7, 11) is 4.78. The molecular weight excluding hydrogens is 550 g/mol. The fraction of sp³-hybridized carbons (Fsp3) is 0.433. The Bertz CT molecular complexity index is 1280. The van der Waals surface area contributed by atoms with E-state index in [2.05, 4.69) is 15.9 Å². The first kappa shape index (κ1) is 27.9. The second-order valence-electron chi connectivity index (χ2n) is 9.62. The van der Waals surface area contributed by atoms with Crippen LogP contribution in [0, 0.1) is 5.92 Å². The lowest BCUT2D eigenvalue weighted by Crippen LogP contribution is -2.38. The van der Waals surface area contributed by atoms with Crippen LogP contribution in [0.4, 0.5) is 0 Å². The van der Waals surface area contributed by atoms with Crippen molar-refractivity contribution >= 4 is 33.4 Å². The van der Waals surface area contributed by atoms with E-state index in [9.17, 15) is 9.59 Å². The molecule has 0 radical (unpaired) electrons. The summed E-state index contributed by atoms with van der Waals surface area (Å²) >= 11 is 3.56. The highest BCUT2D eigenvalue weighted by Crippen LogP contribution is 2.49. The van der Waals surface area contributed by atoms with Crippen LogP contribution in [0.1, 0.15) is 62.5 Å². The number of unbranched alkanes of at least 4 members (excludes halogenated alkanes) is 1. The highest BCUT2D eigenvalue weighted by molar-refractivity contribution is 9.10. The van der Waals surface area contributed by atoms with Gasteiger partial charge < -0.3 is 18.9 Å². The maximum Gasteiger partial charge on any atom is 0.315 e. The summed E-state index contributed by atoms with van der Waals surface area (Å²) in [6.07, 6.45) is 2.56. The molecule has 7 nitrogen and oxygen atoms in total. The molecule has 1 aliphatic heterocycles. The number of allylic oxidation sites excluding steroid dienone is 2. The van der Waals surface area contributed by atoms with Crippen LogP contribution >= 0.6 is 15.9 Å². The molecule has 1 heterocycles. The number of carbonyl (C=O) groups is 2. The Morgan fingerprint density at radius 1 is 1.00 bits per heavy atom. The van der Waals surface area contributed by atoms with Crippen LogP contribution in [0.3, 0.4) is 0 Å². The average Bonchev–Trinajstić information content (AvgIpc) is 2.91. The van der Waals surface area contributed by atoms with Gasteiger partial charge in [-0.25, -0.2) is 0 Å². The van der Waals surface area contributed by atoms with E-state index < -0.39 is 11.8 Å². The van der Waals surface area contributed by atoms with Crippen LogP contribution in [-0.2, 0) is 14.3 Å². The second kappa shape index (κ2) is 12.2. The summed E-state index contributed by atoms with van der Waals surface area (Å²) in [4.78, 5) is 32.2. The smallest absolute Gasteiger partial charge is 0.315 e. The van der Waals surface area contributed by atoms with Crippen molar-refractivity contribution in [2.45, 2.75) is 51.4 Å². The molecular formula is C30H34BrNO6. The zero-order valence-corrected chi connectivity index (χ0v) is 24.1. The van der Waals surface area contributed by atoms with Crippen LogP contribution in [0.25, 0.3) is 0 Å². The molecule has 2 aromatic rings. The minimum atomic E-state index is -0.713. The van der Waals surface area contributed by atoms with Crippen molar-refractivity contribution in [2.75, 3.05) is 27.9 Å². The van der Waals surface area contributed by atoms with E-state index in [0.717, 1.165) is 28.4 Å². The molecule has 2 aliphatic rings. The van der Waals surface area contributed by atoms with Gasteiger partial charge in [0.05, 0.1) is 27.9 Å². The summed E-state index contributed by atoms with van der Waals surface area (Å²) in [6, 6.07) is 11.4. The predicted octanol–water partition coefficient (Wildman–Crippen LogP) is 6.39. The van der Waals surface area contributed by atoms with Gasteiger partial charge in [0.25, 0.3) is 0 Å². The number of ketones is 1. The van der Waals surface area contributed by atoms with Gasteiger partial charge in [-0.15, -0.1) is 0 Å². The number of carbonyl (C=O) groups excluding carboxylic acids is 2. The van der Waals surface area contributed by atoms with Crippen LogP contribution in [0.5, 0.6) is 17.2 Å². The Labute approximate surface area is 232 Å². The summed E-state index contributed by atoms with van der Waals surface area (Å²) in [6.45, 7) is 4.23. The molecule has 0 fully saturated rings. The van der Waals surface area contributed by atoms with Gasteiger partial charge in [-0.05, 0) is 61.6 Å². The zero-order valence-electron chi connectivity index (χ0n) is 22.5. The molecule has 0 bridgehead atoms. The fourth-order valence-electron chi connectivity index (χ4n) is 5.40. The summed E-state index contributed by atoms with van der Waals surface area (Å²) in [5, 5.41) is 0. The third-order valence-electron chi connectivity index (χ3n) is 7.29. The molecule has 3 atom stereocenters. The number of esters is 1. The van der Waals surface area contributed by atoms with E-state index in [4.69, 9.17) is 23.9 Å². The van der Waals surface area contributed by atoms with Crippen molar-refractivity contribution in [3.63, 3.8) is 0 Å². The predicted molar refractivity (Wildman–Crippen MR) is 149 cm³/mol. The number of rotatable bonds is 9. The van der Waals surface area contributed by atoms with Gasteiger partial charge in [0.2, 0.25) is 0 Å². The molecule has 0 spiro atoms. The van der Waals surface area contributed by atoms with E-state index in [0.29, 0.717) is 53.7 Å². The van der Waals surface area contributed by atoms with Crippen molar-refractivity contribution < 1.29 is 28.5 Å². The quantitative estimate of drug-likeness (QED) is 0.251. The normalized spacial score (nSPS) is 20.9. The van der Waals surface area contributed by atoms with Crippen molar-refractivity contribution in [3.8, 4) is 17.2 Å². The number of methoxy groups -OCH3 is 3. The van der Waals surface area contributed by atoms with Gasteiger partial charge in [-0.3, -0.25) is 14.6 Å². The van der Waals surface area contributed by atoms with E-state index >= 15 is 0 Å². The molecule has 0 amide bonds. The molecule has 0 saturated carbocycles. The molecule has 38 heavy (non-hydrogen) atoms. The lowest BCUT2D eigenvalue weighted by Gasteiger charge is -2.37. The fourth-order valence-corrected chi connectivity index (χ4v) is 5.78. The molecule has 2 aromatic carbocycles. The van der Waals surface area contributed by atoms with Crippen molar-refractivity contribution in [3.05, 3.63) is 63.3 Å². The minimum absolute atomic E-state index is 0.0272. The highest BCUT2D eigenvalue weighted by Gasteiger charge is 2.45. The lowest BCUT2D eigenvalue weighted by molar-refractivity contribution is -0.146. The van der Waals surface area contributed by atoms with Gasteiger partial charge in [0.15, 0.2) is 17.3 Å². The topological polar surface area (TPSA) is 83.4 Å². The van der Waals surface area contributed by atoms with Crippen LogP contribution in [-0.4, -0.2) is 45.4 Å². The van der Waals surface area contributed by atoms with Crippen molar-refractivity contribution in [2.24, 2.45) is 10.9 Å². The largest absolute Gasteiger partial charge is 0.496 e. The van der Waals surface area contributed by atoms with Crippen molar-refractivity contribution in [1.29, 1.82) is 0 Å². The Kier molecular flexibility index (Phi) is 8.92. The van der Waals surface area contributed by atoms with Crippen molar-refractivity contribution in [1.82, 2.24) is 0 Å². The maximum absolute atomic E-state index is 13.9. The zero-order chi connectivity index (χ0) is 27.4. The molecule has 0 N–H and O–H groups in total. The molecule has 0 saturated heterocycles. The SMILES string of the molecule is CCCCOC(=O)C1C(C)=NC2=C(C(=O)C[C@@H](c3ccc(OC)c(OC)c3)C2)[C@@H]1c1cc(Br)ccc1OC. The highest BCUT2D eigenvalue weighted by atomic mass is 79.9. The van der Waals surface area contributed by atoms with E-state index in [1.54, 1.807) is 21.3 Å². The lowest BCUT2D eigenvalue weighted by atomic mass is 9.69. The second-order valence-corrected chi connectivity index (χ2v) is 10.5. The molecule has 8 heteroatoms. The third-order valence-corrected chi connectivity index (χ3v) is 7.78. The van der Waals surface area contributed by atoms with E-state index in [1.807, 2.05) is 50.2 Å². The first-order chi connectivity index (χ1) is 18.3. The van der Waals surface area contributed by atoms with Gasteiger partial charge in [-0.1, -0.05) is 35.3 Å². The average molecular weight is 585 g/mol. The Balaban J connectivity index is 1.79. The molecule has 4 rings (SSSR count). The molecule has 1 aliphatic carbocycles. The summed E-state index contributed by atoms with van der Waals surface area (Å²) in [5.74, 6) is 0.131. The number of nitrogens with zero attached hydrogens (tertiary/aromatic N) is 1. The number of aliphatic imine (C=N–C) groups is 1. The molecule has 1 unspecified atom stereocenters. The Hall–Kier alpha value is -3.13. The van der Waals surface area contributed by atoms with Crippen LogP contribution < -0.4 is 14.2 Å². The maximum atomic E-state index is 13.9.